The lowest BCUT2D eigenvalue weighted by Crippen LogP contribution is -2.25. The Morgan fingerprint density at radius 3 is 2.81 bits per heavy atom. The van der Waals surface area contributed by atoms with Crippen LogP contribution in [0.2, 0.25) is 0 Å². The molecule has 8 heteroatoms. The number of rotatable bonds is 6. The Hall–Kier alpha value is -1.77. The molecule has 21 heavy (non-hydrogen) atoms. The van der Waals surface area contributed by atoms with Gasteiger partial charge in [0.15, 0.2) is 0 Å². The predicted octanol–water partition coefficient (Wildman–Crippen LogP) is 0.577. The van der Waals surface area contributed by atoms with Crippen LogP contribution in [0.15, 0.2) is 29.4 Å². The minimum Gasteiger partial charge on any atom is -0.392 e. The molecule has 2 rings (SSSR count). The SMILES string of the molecule is CCn1cnnc1CNS(=O)(=O)c1cc(CO)ccc1C. The number of hydrogen-bond donors (Lipinski definition) is 2. The normalized spacial score (nSPS) is 11.8. The molecule has 114 valence electrons. The minimum atomic E-state index is -3.67. The van der Waals surface area contributed by atoms with Crippen molar-refractivity contribution in [1.82, 2.24) is 19.5 Å². The predicted molar refractivity (Wildman–Crippen MR) is 76.8 cm³/mol. The van der Waals surface area contributed by atoms with Gasteiger partial charge >= 0.3 is 0 Å². The van der Waals surface area contributed by atoms with Crippen LogP contribution in [0.5, 0.6) is 0 Å². The van der Waals surface area contributed by atoms with Gasteiger partial charge in [0, 0.05) is 6.54 Å². The number of aliphatic hydroxyl groups is 1. The Morgan fingerprint density at radius 2 is 2.14 bits per heavy atom. The standard InChI is InChI=1S/C13H18N4O3S/c1-3-17-9-14-16-13(17)7-15-21(19,20)12-6-11(8-18)5-4-10(12)2/h4-6,9,15,18H,3,7-8H2,1-2H3. The number of aromatic nitrogens is 3. The van der Waals surface area contributed by atoms with E-state index in [-0.39, 0.29) is 18.0 Å². The monoisotopic (exact) mass is 310 g/mol. The van der Waals surface area contributed by atoms with Crippen molar-refractivity contribution >= 4 is 10.0 Å². The highest BCUT2D eigenvalue weighted by molar-refractivity contribution is 7.89. The maximum atomic E-state index is 12.4. The summed E-state index contributed by atoms with van der Waals surface area (Å²) in [6.07, 6.45) is 1.56. The van der Waals surface area contributed by atoms with Gasteiger partial charge < -0.3 is 9.67 Å². The fourth-order valence-corrected chi connectivity index (χ4v) is 3.22. The second-order valence-electron chi connectivity index (χ2n) is 4.62. The highest BCUT2D eigenvalue weighted by Gasteiger charge is 2.18. The van der Waals surface area contributed by atoms with Crippen LogP contribution in [0.4, 0.5) is 0 Å². The Kier molecular flexibility index (Phi) is 4.71. The van der Waals surface area contributed by atoms with E-state index in [1.54, 1.807) is 30.0 Å². The molecule has 0 atom stereocenters. The number of nitrogens with zero attached hydrogens (tertiary/aromatic N) is 3. The summed E-state index contributed by atoms with van der Waals surface area (Å²) >= 11 is 0. The second-order valence-corrected chi connectivity index (χ2v) is 6.35. The summed E-state index contributed by atoms with van der Waals surface area (Å²) in [5, 5.41) is 16.8. The van der Waals surface area contributed by atoms with Crippen molar-refractivity contribution in [3.8, 4) is 0 Å². The van der Waals surface area contributed by atoms with E-state index in [4.69, 9.17) is 5.11 Å². The molecular formula is C13H18N4O3S. The van der Waals surface area contributed by atoms with Gasteiger partial charge in [0.05, 0.1) is 18.0 Å². The van der Waals surface area contributed by atoms with Gasteiger partial charge in [-0.3, -0.25) is 0 Å². The summed E-state index contributed by atoms with van der Waals surface area (Å²) < 4.78 is 29.0. The van der Waals surface area contributed by atoms with Crippen LogP contribution in [0.1, 0.15) is 23.9 Å². The maximum Gasteiger partial charge on any atom is 0.241 e. The summed E-state index contributed by atoms with van der Waals surface area (Å²) in [5.41, 5.74) is 1.18. The van der Waals surface area contributed by atoms with E-state index in [0.717, 1.165) is 0 Å². The molecule has 0 aliphatic heterocycles. The third kappa shape index (κ3) is 3.46. The molecule has 2 aromatic rings. The topological polar surface area (TPSA) is 97.1 Å². The first-order valence-corrected chi connectivity index (χ1v) is 8.03. The first-order valence-electron chi connectivity index (χ1n) is 6.54. The summed E-state index contributed by atoms with van der Waals surface area (Å²) in [4.78, 5) is 0.164. The van der Waals surface area contributed by atoms with Crippen molar-refractivity contribution in [2.24, 2.45) is 0 Å². The number of nitrogens with one attached hydrogen (secondary N) is 1. The van der Waals surface area contributed by atoms with Crippen molar-refractivity contribution < 1.29 is 13.5 Å². The lowest BCUT2D eigenvalue weighted by atomic mass is 10.2. The summed E-state index contributed by atoms with van der Waals surface area (Å²) in [6.45, 7) is 4.18. The van der Waals surface area contributed by atoms with Gasteiger partial charge in [-0.2, -0.15) is 0 Å². The van der Waals surface area contributed by atoms with E-state index >= 15 is 0 Å². The van der Waals surface area contributed by atoms with Crippen LogP contribution >= 0.6 is 0 Å². The Labute approximate surface area is 123 Å². The molecule has 0 spiro atoms. The van der Waals surface area contributed by atoms with Crippen LogP contribution < -0.4 is 4.72 Å². The van der Waals surface area contributed by atoms with E-state index in [1.807, 2.05) is 6.92 Å². The van der Waals surface area contributed by atoms with Gasteiger partial charge in [-0.25, -0.2) is 13.1 Å². The van der Waals surface area contributed by atoms with E-state index in [0.29, 0.717) is 23.5 Å². The quantitative estimate of drug-likeness (QED) is 0.813. The Morgan fingerprint density at radius 1 is 1.38 bits per heavy atom. The van der Waals surface area contributed by atoms with Gasteiger partial charge in [0.2, 0.25) is 10.0 Å². The first-order chi connectivity index (χ1) is 9.97. The number of hydrogen-bond acceptors (Lipinski definition) is 5. The molecule has 0 saturated carbocycles. The molecule has 7 nitrogen and oxygen atoms in total. The number of sulfonamides is 1. The molecule has 2 N–H and O–H groups in total. The van der Waals surface area contributed by atoms with Gasteiger partial charge in [0.1, 0.15) is 12.2 Å². The average Bonchev–Trinajstić information content (AvgIpc) is 2.93. The average molecular weight is 310 g/mol. The molecule has 0 aliphatic carbocycles. The third-order valence-electron chi connectivity index (χ3n) is 3.18. The Balaban J connectivity index is 2.23. The fraction of sp³-hybridized carbons (Fsp3) is 0.385. The number of benzene rings is 1. The van der Waals surface area contributed by atoms with Gasteiger partial charge in [-0.1, -0.05) is 12.1 Å². The molecule has 0 aliphatic rings. The lowest BCUT2D eigenvalue weighted by Gasteiger charge is -2.10. The number of aliphatic hydroxyl groups excluding tert-OH is 1. The van der Waals surface area contributed by atoms with Gasteiger partial charge in [-0.05, 0) is 31.0 Å². The highest BCUT2D eigenvalue weighted by Crippen LogP contribution is 2.17. The van der Waals surface area contributed by atoms with E-state index in [1.165, 1.54) is 6.07 Å². The van der Waals surface area contributed by atoms with Crippen LogP contribution in [-0.2, 0) is 29.7 Å². The molecule has 0 radical (unpaired) electrons. The lowest BCUT2D eigenvalue weighted by molar-refractivity contribution is 0.281. The van der Waals surface area contributed by atoms with Crippen LogP contribution in [-0.4, -0.2) is 28.3 Å². The second kappa shape index (κ2) is 6.33. The third-order valence-corrected chi connectivity index (χ3v) is 4.72. The molecule has 0 unspecified atom stereocenters. The molecule has 0 saturated heterocycles. The minimum absolute atomic E-state index is 0.0684. The Bertz CT molecular complexity index is 725. The zero-order chi connectivity index (χ0) is 15.5. The zero-order valence-electron chi connectivity index (χ0n) is 11.9. The van der Waals surface area contributed by atoms with Crippen LogP contribution in [0.3, 0.4) is 0 Å². The highest BCUT2D eigenvalue weighted by atomic mass is 32.2. The van der Waals surface area contributed by atoms with Crippen molar-refractivity contribution in [3.05, 3.63) is 41.5 Å². The maximum absolute atomic E-state index is 12.4. The van der Waals surface area contributed by atoms with Crippen LogP contribution in [0, 0.1) is 6.92 Å². The van der Waals surface area contributed by atoms with E-state index < -0.39 is 10.0 Å². The van der Waals surface area contributed by atoms with Crippen LogP contribution in [0.25, 0.3) is 0 Å². The molecule has 1 aromatic heterocycles. The summed E-state index contributed by atoms with van der Waals surface area (Å²) in [6, 6.07) is 4.85. The largest absolute Gasteiger partial charge is 0.392 e. The van der Waals surface area contributed by atoms with Gasteiger partial charge in [-0.15, -0.1) is 10.2 Å². The summed E-state index contributed by atoms with van der Waals surface area (Å²) in [5.74, 6) is 0.553. The molecule has 0 fully saturated rings. The first kappa shape index (κ1) is 15.6. The smallest absolute Gasteiger partial charge is 0.241 e. The van der Waals surface area contributed by atoms with E-state index in [2.05, 4.69) is 14.9 Å². The van der Waals surface area contributed by atoms with Crippen molar-refractivity contribution in [1.29, 1.82) is 0 Å². The summed E-state index contributed by atoms with van der Waals surface area (Å²) in [7, 11) is -3.67. The fourth-order valence-electron chi connectivity index (χ4n) is 1.95. The van der Waals surface area contributed by atoms with Crippen molar-refractivity contribution in [2.75, 3.05) is 0 Å². The molecule has 1 heterocycles. The molecular weight excluding hydrogens is 292 g/mol. The number of aryl methyl sites for hydroxylation is 2. The molecule has 0 bridgehead atoms. The zero-order valence-corrected chi connectivity index (χ0v) is 12.8. The van der Waals surface area contributed by atoms with E-state index in [9.17, 15) is 8.42 Å². The molecule has 0 amide bonds. The van der Waals surface area contributed by atoms with Gasteiger partial charge in [0.25, 0.3) is 0 Å². The molecule has 1 aromatic carbocycles. The van der Waals surface area contributed by atoms with Crippen molar-refractivity contribution in [3.63, 3.8) is 0 Å². The van der Waals surface area contributed by atoms with Crippen molar-refractivity contribution in [2.45, 2.75) is 38.4 Å².